The smallest absolute Gasteiger partial charge is 0.220 e. The SMILES string of the molecule is Nc1cc(CCC(=O)NC2CC2)ccc1N1CCOCC1. The van der Waals surface area contributed by atoms with Gasteiger partial charge in [-0.15, -0.1) is 0 Å². The standard InChI is InChI=1S/C16H23N3O2/c17-14-11-12(2-6-16(20)18-13-3-4-13)1-5-15(14)19-7-9-21-10-8-19/h1,5,11,13H,2-4,6-10,17H2,(H,18,20). The summed E-state index contributed by atoms with van der Waals surface area (Å²) in [5.74, 6) is 0.147. The predicted molar refractivity (Wildman–Crippen MR) is 83.4 cm³/mol. The summed E-state index contributed by atoms with van der Waals surface area (Å²) in [6, 6.07) is 6.57. The summed E-state index contributed by atoms with van der Waals surface area (Å²) < 4.78 is 5.36. The molecule has 114 valence electrons. The van der Waals surface area contributed by atoms with Crippen molar-refractivity contribution in [2.45, 2.75) is 31.7 Å². The van der Waals surface area contributed by atoms with Crippen LogP contribution in [-0.4, -0.2) is 38.3 Å². The Morgan fingerprint density at radius 2 is 2.10 bits per heavy atom. The zero-order valence-electron chi connectivity index (χ0n) is 12.3. The molecule has 5 heteroatoms. The van der Waals surface area contributed by atoms with Gasteiger partial charge in [-0.25, -0.2) is 0 Å². The number of nitrogens with one attached hydrogen (secondary N) is 1. The first kappa shape index (κ1) is 14.2. The second-order valence-electron chi connectivity index (χ2n) is 5.83. The first-order valence-corrected chi connectivity index (χ1v) is 7.73. The largest absolute Gasteiger partial charge is 0.397 e. The van der Waals surface area contributed by atoms with Gasteiger partial charge in [-0.05, 0) is 37.0 Å². The van der Waals surface area contributed by atoms with Gasteiger partial charge in [0, 0.05) is 25.6 Å². The Morgan fingerprint density at radius 1 is 1.33 bits per heavy atom. The van der Waals surface area contributed by atoms with E-state index in [0.717, 1.165) is 62.5 Å². The number of nitrogens with zero attached hydrogens (tertiary/aromatic N) is 1. The minimum atomic E-state index is 0.147. The van der Waals surface area contributed by atoms with Crippen LogP contribution in [0.4, 0.5) is 11.4 Å². The Labute approximate surface area is 125 Å². The van der Waals surface area contributed by atoms with Crippen molar-refractivity contribution in [1.29, 1.82) is 0 Å². The molecule has 2 fully saturated rings. The van der Waals surface area contributed by atoms with Gasteiger partial charge in [0.1, 0.15) is 0 Å². The number of nitrogen functional groups attached to an aromatic ring is 1. The molecule has 3 rings (SSSR count). The number of amides is 1. The topological polar surface area (TPSA) is 67.6 Å². The van der Waals surface area contributed by atoms with Crippen LogP contribution in [-0.2, 0) is 16.0 Å². The number of rotatable bonds is 5. The number of anilines is 2. The number of carbonyl (C=O) groups excluding carboxylic acids is 1. The molecule has 1 aromatic carbocycles. The molecule has 0 aromatic heterocycles. The third-order valence-electron chi connectivity index (χ3n) is 4.03. The van der Waals surface area contributed by atoms with Crippen LogP contribution in [0.25, 0.3) is 0 Å². The number of benzene rings is 1. The molecule has 2 aliphatic rings. The quantitative estimate of drug-likeness (QED) is 0.802. The fourth-order valence-corrected chi connectivity index (χ4v) is 2.64. The van der Waals surface area contributed by atoms with E-state index in [1.807, 2.05) is 6.07 Å². The Kier molecular flexibility index (Phi) is 4.29. The average Bonchev–Trinajstić information content (AvgIpc) is 3.30. The molecule has 1 aliphatic heterocycles. The fourth-order valence-electron chi connectivity index (χ4n) is 2.64. The Hall–Kier alpha value is -1.75. The minimum absolute atomic E-state index is 0.147. The predicted octanol–water partition coefficient (Wildman–Crippen LogP) is 1.32. The molecule has 1 saturated heterocycles. The van der Waals surface area contributed by atoms with Gasteiger partial charge in [-0.2, -0.15) is 0 Å². The number of ether oxygens (including phenoxy) is 1. The van der Waals surface area contributed by atoms with Gasteiger partial charge < -0.3 is 20.7 Å². The van der Waals surface area contributed by atoms with Crippen molar-refractivity contribution < 1.29 is 9.53 Å². The zero-order chi connectivity index (χ0) is 14.7. The number of morpholine rings is 1. The molecular formula is C16H23N3O2. The van der Waals surface area contributed by atoms with E-state index in [-0.39, 0.29) is 5.91 Å². The number of carbonyl (C=O) groups is 1. The Morgan fingerprint density at radius 3 is 2.76 bits per heavy atom. The summed E-state index contributed by atoms with van der Waals surface area (Å²) in [6.07, 6.45) is 3.54. The maximum Gasteiger partial charge on any atom is 0.220 e. The highest BCUT2D eigenvalue weighted by molar-refractivity contribution is 5.77. The number of hydrogen-bond donors (Lipinski definition) is 2. The molecule has 1 aromatic rings. The highest BCUT2D eigenvalue weighted by Gasteiger charge is 2.22. The summed E-state index contributed by atoms with van der Waals surface area (Å²) in [6.45, 7) is 3.27. The lowest BCUT2D eigenvalue weighted by Gasteiger charge is -2.30. The van der Waals surface area contributed by atoms with Crippen LogP contribution in [0.1, 0.15) is 24.8 Å². The summed E-state index contributed by atoms with van der Waals surface area (Å²) in [5, 5.41) is 3.01. The third kappa shape index (κ3) is 3.88. The minimum Gasteiger partial charge on any atom is -0.397 e. The van der Waals surface area contributed by atoms with Crippen LogP contribution in [0.2, 0.25) is 0 Å². The molecule has 1 amide bonds. The van der Waals surface area contributed by atoms with Crippen LogP contribution in [0.3, 0.4) is 0 Å². The van der Waals surface area contributed by atoms with E-state index in [4.69, 9.17) is 10.5 Å². The second kappa shape index (κ2) is 6.35. The molecule has 1 aliphatic carbocycles. The van der Waals surface area contributed by atoms with Crippen LogP contribution in [0.5, 0.6) is 0 Å². The van der Waals surface area contributed by atoms with Gasteiger partial charge in [0.15, 0.2) is 0 Å². The van der Waals surface area contributed by atoms with E-state index < -0.39 is 0 Å². The monoisotopic (exact) mass is 289 g/mol. The van der Waals surface area contributed by atoms with E-state index in [2.05, 4.69) is 22.3 Å². The van der Waals surface area contributed by atoms with E-state index in [0.29, 0.717) is 12.5 Å². The van der Waals surface area contributed by atoms with Crippen molar-refractivity contribution in [3.63, 3.8) is 0 Å². The van der Waals surface area contributed by atoms with Crippen LogP contribution >= 0.6 is 0 Å². The lowest BCUT2D eigenvalue weighted by Crippen LogP contribution is -2.36. The number of hydrogen-bond acceptors (Lipinski definition) is 4. The van der Waals surface area contributed by atoms with Gasteiger partial charge in [-0.3, -0.25) is 4.79 Å². The molecule has 0 unspecified atom stereocenters. The lowest BCUT2D eigenvalue weighted by atomic mass is 10.1. The van der Waals surface area contributed by atoms with E-state index in [1.165, 1.54) is 0 Å². The van der Waals surface area contributed by atoms with Gasteiger partial charge in [0.2, 0.25) is 5.91 Å². The van der Waals surface area contributed by atoms with Gasteiger partial charge in [0.25, 0.3) is 0 Å². The summed E-state index contributed by atoms with van der Waals surface area (Å²) in [4.78, 5) is 14.0. The molecule has 0 atom stereocenters. The molecule has 0 spiro atoms. The van der Waals surface area contributed by atoms with Crippen LogP contribution < -0.4 is 16.0 Å². The molecule has 0 radical (unpaired) electrons. The Balaban J connectivity index is 1.56. The Bertz CT molecular complexity index is 508. The molecular weight excluding hydrogens is 266 g/mol. The summed E-state index contributed by atoms with van der Waals surface area (Å²) in [5.41, 5.74) is 9.15. The van der Waals surface area contributed by atoms with E-state index >= 15 is 0 Å². The van der Waals surface area contributed by atoms with Crippen molar-refractivity contribution in [3.8, 4) is 0 Å². The molecule has 1 heterocycles. The van der Waals surface area contributed by atoms with E-state index in [9.17, 15) is 4.79 Å². The molecule has 5 nitrogen and oxygen atoms in total. The van der Waals surface area contributed by atoms with Crippen molar-refractivity contribution in [3.05, 3.63) is 23.8 Å². The summed E-state index contributed by atoms with van der Waals surface area (Å²) in [7, 11) is 0. The molecule has 0 bridgehead atoms. The van der Waals surface area contributed by atoms with Crippen LogP contribution in [0.15, 0.2) is 18.2 Å². The molecule has 1 saturated carbocycles. The first-order chi connectivity index (χ1) is 10.2. The fraction of sp³-hybridized carbons (Fsp3) is 0.562. The van der Waals surface area contributed by atoms with Crippen molar-refractivity contribution in [2.24, 2.45) is 0 Å². The normalized spacial score (nSPS) is 18.6. The second-order valence-corrected chi connectivity index (χ2v) is 5.83. The maximum atomic E-state index is 11.7. The average molecular weight is 289 g/mol. The maximum absolute atomic E-state index is 11.7. The highest BCUT2D eigenvalue weighted by atomic mass is 16.5. The lowest BCUT2D eigenvalue weighted by molar-refractivity contribution is -0.121. The van der Waals surface area contributed by atoms with Crippen molar-refractivity contribution in [2.75, 3.05) is 36.9 Å². The van der Waals surface area contributed by atoms with Crippen LogP contribution in [0, 0.1) is 0 Å². The van der Waals surface area contributed by atoms with Gasteiger partial charge in [0.05, 0.1) is 24.6 Å². The highest BCUT2D eigenvalue weighted by Crippen LogP contribution is 2.26. The summed E-state index contributed by atoms with van der Waals surface area (Å²) >= 11 is 0. The first-order valence-electron chi connectivity index (χ1n) is 7.73. The van der Waals surface area contributed by atoms with Gasteiger partial charge in [-0.1, -0.05) is 6.07 Å². The van der Waals surface area contributed by atoms with E-state index in [1.54, 1.807) is 0 Å². The van der Waals surface area contributed by atoms with Crippen molar-refractivity contribution in [1.82, 2.24) is 5.32 Å². The molecule has 3 N–H and O–H groups in total. The van der Waals surface area contributed by atoms with Crippen molar-refractivity contribution >= 4 is 17.3 Å². The molecule has 21 heavy (non-hydrogen) atoms. The number of aryl methyl sites for hydroxylation is 1. The van der Waals surface area contributed by atoms with Gasteiger partial charge >= 0.3 is 0 Å². The zero-order valence-corrected chi connectivity index (χ0v) is 12.3. The number of nitrogens with two attached hydrogens (primary N) is 1. The third-order valence-corrected chi connectivity index (χ3v) is 4.03.